The summed E-state index contributed by atoms with van der Waals surface area (Å²) in [5, 5.41) is 13.9. The number of pyridine rings is 1. The Kier molecular flexibility index (Phi) is 3.56. The highest BCUT2D eigenvalue weighted by Crippen LogP contribution is 2.39. The first-order valence-corrected chi connectivity index (χ1v) is 7.45. The lowest BCUT2D eigenvalue weighted by Crippen LogP contribution is -2.38. The highest BCUT2D eigenvalue weighted by Gasteiger charge is 2.25. The van der Waals surface area contributed by atoms with Crippen LogP contribution in [0.15, 0.2) is 36.5 Å². The van der Waals surface area contributed by atoms with Crippen molar-refractivity contribution in [3.05, 3.63) is 53.2 Å². The van der Waals surface area contributed by atoms with Gasteiger partial charge in [-0.3, -0.25) is 4.98 Å². The van der Waals surface area contributed by atoms with Crippen LogP contribution < -0.4 is 5.32 Å². The molecule has 0 radical (unpaired) electrons. The number of β-amino-alcohol motifs (C(OH)–C–C–N with tert-alkyl or cyclic N) is 1. The van der Waals surface area contributed by atoms with Gasteiger partial charge in [0.05, 0.1) is 11.8 Å². The minimum Gasteiger partial charge on any atom is -0.387 e. The molecule has 3 heteroatoms. The predicted octanol–water partition coefficient (Wildman–Crippen LogP) is 3.07. The Hall–Kier alpha value is -1.71. The number of aliphatic hydroxyl groups excluding tert-OH is 1. The van der Waals surface area contributed by atoms with Gasteiger partial charge < -0.3 is 10.4 Å². The maximum absolute atomic E-state index is 10.6. The molecular weight excluding hydrogens is 260 g/mol. The van der Waals surface area contributed by atoms with Gasteiger partial charge in [0.25, 0.3) is 0 Å². The molecule has 1 aliphatic carbocycles. The normalized spacial score (nSPS) is 14.7. The molecule has 3 rings (SSSR count). The van der Waals surface area contributed by atoms with Gasteiger partial charge >= 0.3 is 0 Å². The van der Waals surface area contributed by atoms with Crippen LogP contribution in [0.1, 0.15) is 43.6 Å². The van der Waals surface area contributed by atoms with Crippen LogP contribution in [0.3, 0.4) is 0 Å². The summed E-state index contributed by atoms with van der Waals surface area (Å²) in [7, 11) is 0. The Morgan fingerprint density at radius 3 is 2.71 bits per heavy atom. The van der Waals surface area contributed by atoms with Crippen molar-refractivity contribution in [2.45, 2.75) is 38.8 Å². The van der Waals surface area contributed by atoms with Crippen molar-refractivity contribution in [2.24, 2.45) is 0 Å². The van der Waals surface area contributed by atoms with E-state index in [0.29, 0.717) is 6.54 Å². The predicted molar refractivity (Wildman–Crippen MR) is 85.2 cm³/mol. The van der Waals surface area contributed by atoms with Gasteiger partial charge in [-0.05, 0) is 43.5 Å². The van der Waals surface area contributed by atoms with E-state index in [1.807, 2.05) is 24.4 Å². The van der Waals surface area contributed by atoms with Crippen LogP contribution in [0.25, 0.3) is 11.3 Å². The average molecular weight is 282 g/mol. The molecule has 0 spiro atoms. The molecule has 3 nitrogen and oxygen atoms in total. The minimum absolute atomic E-state index is 0.00487. The van der Waals surface area contributed by atoms with Crippen molar-refractivity contribution < 1.29 is 5.11 Å². The van der Waals surface area contributed by atoms with E-state index in [9.17, 15) is 5.11 Å². The van der Waals surface area contributed by atoms with Crippen molar-refractivity contribution in [3.63, 3.8) is 0 Å². The summed E-state index contributed by atoms with van der Waals surface area (Å²) in [5.41, 5.74) is 5.62. The number of hydrogen-bond acceptors (Lipinski definition) is 3. The highest BCUT2D eigenvalue weighted by atomic mass is 16.3. The molecule has 0 saturated carbocycles. The number of hydrogen-bond donors (Lipinski definition) is 2. The number of nitrogens with one attached hydrogen (secondary N) is 1. The molecule has 0 aliphatic heterocycles. The van der Waals surface area contributed by atoms with Crippen LogP contribution in [-0.4, -0.2) is 22.2 Å². The zero-order valence-electron chi connectivity index (χ0n) is 12.9. The Labute approximate surface area is 126 Å². The molecule has 0 fully saturated rings. The van der Waals surface area contributed by atoms with Crippen molar-refractivity contribution in [1.29, 1.82) is 0 Å². The van der Waals surface area contributed by atoms with E-state index in [-0.39, 0.29) is 5.54 Å². The first-order chi connectivity index (χ1) is 9.96. The fourth-order valence-corrected chi connectivity index (χ4v) is 2.86. The lowest BCUT2D eigenvalue weighted by Gasteiger charge is -2.24. The van der Waals surface area contributed by atoms with Gasteiger partial charge in [0, 0.05) is 30.3 Å². The van der Waals surface area contributed by atoms with Crippen LogP contribution in [0.4, 0.5) is 0 Å². The fraction of sp³-hybridized carbons (Fsp3) is 0.389. The molecule has 2 aromatic rings. The van der Waals surface area contributed by atoms with Crippen molar-refractivity contribution in [1.82, 2.24) is 10.3 Å². The molecule has 1 aliphatic rings. The molecule has 1 aromatic heterocycles. The molecule has 1 heterocycles. The van der Waals surface area contributed by atoms with E-state index < -0.39 is 6.10 Å². The Bertz CT molecular complexity index is 659. The summed E-state index contributed by atoms with van der Waals surface area (Å²) < 4.78 is 0. The quantitative estimate of drug-likeness (QED) is 0.776. The summed E-state index contributed by atoms with van der Waals surface area (Å²) in [6, 6.07) is 10.3. The molecule has 2 N–H and O–H groups in total. The summed E-state index contributed by atoms with van der Waals surface area (Å²) in [4.78, 5) is 4.52. The molecule has 0 unspecified atom stereocenters. The number of nitrogens with zero attached hydrogens (tertiary/aromatic N) is 1. The first kappa shape index (κ1) is 14.2. The number of benzene rings is 1. The Balaban J connectivity index is 1.94. The van der Waals surface area contributed by atoms with Crippen molar-refractivity contribution >= 4 is 0 Å². The largest absolute Gasteiger partial charge is 0.387 e. The SMILES string of the molecule is CC(C)(C)NC[C@H](O)c1cccc2c1-c1ncccc1C2. The zero-order chi connectivity index (χ0) is 15.0. The van der Waals surface area contributed by atoms with Crippen molar-refractivity contribution in [3.8, 4) is 11.3 Å². The van der Waals surface area contributed by atoms with E-state index >= 15 is 0 Å². The zero-order valence-corrected chi connectivity index (χ0v) is 12.9. The van der Waals surface area contributed by atoms with E-state index in [2.05, 4.69) is 43.2 Å². The summed E-state index contributed by atoms with van der Waals surface area (Å²) in [6.45, 7) is 6.85. The molecule has 0 saturated heterocycles. The van der Waals surface area contributed by atoms with Gasteiger partial charge in [-0.2, -0.15) is 0 Å². The van der Waals surface area contributed by atoms with Crippen LogP contribution >= 0.6 is 0 Å². The molecule has 0 amide bonds. The number of fused-ring (bicyclic) bond motifs is 3. The third-order valence-electron chi connectivity index (χ3n) is 3.88. The third-order valence-corrected chi connectivity index (χ3v) is 3.88. The van der Waals surface area contributed by atoms with Crippen molar-refractivity contribution in [2.75, 3.05) is 6.54 Å². The number of aromatic nitrogens is 1. The summed E-state index contributed by atoms with van der Waals surface area (Å²) in [5.74, 6) is 0. The van der Waals surface area contributed by atoms with Gasteiger partial charge in [-0.25, -0.2) is 0 Å². The van der Waals surface area contributed by atoms with Crippen LogP contribution in [0.2, 0.25) is 0 Å². The van der Waals surface area contributed by atoms with E-state index in [1.54, 1.807) is 0 Å². The van der Waals surface area contributed by atoms with Gasteiger partial charge in [0.15, 0.2) is 0 Å². The lowest BCUT2D eigenvalue weighted by molar-refractivity contribution is 0.164. The third kappa shape index (κ3) is 2.85. The van der Waals surface area contributed by atoms with Crippen LogP contribution in [0.5, 0.6) is 0 Å². The second kappa shape index (κ2) is 5.24. The summed E-state index contributed by atoms with van der Waals surface area (Å²) >= 11 is 0. The first-order valence-electron chi connectivity index (χ1n) is 7.45. The fourth-order valence-electron chi connectivity index (χ4n) is 2.86. The highest BCUT2D eigenvalue weighted by molar-refractivity contribution is 5.76. The molecular formula is C18H22N2O. The maximum Gasteiger partial charge on any atom is 0.0921 e. The van der Waals surface area contributed by atoms with Gasteiger partial charge in [0.2, 0.25) is 0 Å². The van der Waals surface area contributed by atoms with Gasteiger partial charge in [0.1, 0.15) is 0 Å². The second-order valence-corrected chi connectivity index (χ2v) is 6.72. The van der Waals surface area contributed by atoms with E-state index in [0.717, 1.165) is 23.2 Å². The van der Waals surface area contributed by atoms with E-state index in [1.165, 1.54) is 11.1 Å². The van der Waals surface area contributed by atoms with Crippen LogP contribution in [-0.2, 0) is 6.42 Å². The monoisotopic (exact) mass is 282 g/mol. The summed E-state index contributed by atoms with van der Waals surface area (Å²) in [6.07, 6.45) is 2.21. The Morgan fingerprint density at radius 1 is 1.19 bits per heavy atom. The number of rotatable bonds is 3. The lowest BCUT2D eigenvalue weighted by atomic mass is 9.97. The topological polar surface area (TPSA) is 45.1 Å². The molecule has 1 atom stereocenters. The Morgan fingerprint density at radius 2 is 1.95 bits per heavy atom. The standard InChI is InChI=1S/C18H22N2O/c1-18(2,3)20-11-15(21)14-8-4-6-12-10-13-7-5-9-19-17(13)16(12)14/h4-9,15,20-21H,10-11H2,1-3H3/t15-/m0/s1. The minimum atomic E-state index is -0.521. The molecule has 21 heavy (non-hydrogen) atoms. The maximum atomic E-state index is 10.6. The average Bonchev–Trinajstić information content (AvgIpc) is 2.82. The number of aliphatic hydroxyl groups is 1. The van der Waals surface area contributed by atoms with E-state index in [4.69, 9.17) is 0 Å². The molecule has 0 bridgehead atoms. The van der Waals surface area contributed by atoms with Gasteiger partial charge in [-0.1, -0.05) is 24.3 Å². The molecule has 110 valence electrons. The van der Waals surface area contributed by atoms with Gasteiger partial charge in [-0.15, -0.1) is 0 Å². The smallest absolute Gasteiger partial charge is 0.0921 e. The second-order valence-electron chi connectivity index (χ2n) is 6.72. The van der Waals surface area contributed by atoms with Crippen LogP contribution in [0, 0.1) is 0 Å². The molecule has 1 aromatic carbocycles.